The van der Waals surface area contributed by atoms with E-state index in [2.05, 4.69) is 33.4 Å². The predicted molar refractivity (Wildman–Crippen MR) is 66.5 cm³/mol. The Bertz CT molecular complexity index is 351. The second-order valence-electron chi connectivity index (χ2n) is 4.22. The molecule has 1 aromatic carbocycles. The normalized spacial score (nSPS) is 25.6. The molecule has 1 aromatic rings. The van der Waals surface area contributed by atoms with Crippen LogP contribution in [0.2, 0.25) is 0 Å². The fourth-order valence-corrected chi connectivity index (χ4v) is 2.46. The van der Waals surface area contributed by atoms with Crippen LogP contribution >= 0.6 is 15.9 Å². The Morgan fingerprint density at radius 2 is 2.38 bits per heavy atom. The fourth-order valence-electron chi connectivity index (χ4n) is 2.02. The Balaban J connectivity index is 2.11. The molecule has 1 saturated heterocycles. The Morgan fingerprint density at radius 3 is 3.00 bits per heavy atom. The Morgan fingerprint density at radius 1 is 1.50 bits per heavy atom. The summed E-state index contributed by atoms with van der Waals surface area (Å²) in [5, 5.41) is 12.9. The number of hydrogen-bond donors (Lipinski definition) is 2. The first-order valence-electron chi connectivity index (χ1n) is 5.42. The number of aliphatic hydroxyl groups is 1. The fraction of sp³-hybridized carbons (Fsp3) is 0.500. The summed E-state index contributed by atoms with van der Waals surface area (Å²) in [5.74, 6) is 0. The van der Waals surface area contributed by atoms with Crippen LogP contribution in [-0.4, -0.2) is 37.0 Å². The molecule has 1 fully saturated rings. The third-order valence-corrected chi connectivity index (χ3v) is 3.35. The first kappa shape index (κ1) is 12.0. The van der Waals surface area contributed by atoms with Gasteiger partial charge in [0.15, 0.2) is 0 Å². The highest BCUT2D eigenvalue weighted by molar-refractivity contribution is 9.10. The molecule has 1 unspecified atom stereocenters. The third-order valence-electron chi connectivity index (χ3n) is 2.86. The highest BCUT2D eigenvalue weighted by Crippen LogP contribution is 2.19. The van der Waals surface area contributed by atoms with Crippen molar-refractivity contribution in [1.82, 2.24) is 5.32 Å². The quantitative estimate of drug-likeness (QED) is 0.881. The summed E-state index contributed by atoms with van der Waals surface area (Å²) in [7, 11) is 0. The predicted octanol–water partition coefficient (Wildman–Crippen LogP) is 1.34. The van der Waals surface area contributed by atoms with Crippen LogP contribution in [-0.2, 0) is 11.2 Å². The third kappa shape index (κ3) is 2.83. The molecular formula is C12H16BrNO2. The lowest BCUT2D eigenvalue weighted by Crippen LogP contribution is -2.58. The molecule has 0 bridgehead atoms. The molecule has 0 aromatic heterocycles. The van der Waals surface area contributed by atoms with Crippen molar-refractivity contribution >= 4 is 15.9 Å². The van der Waals surface area contributed by atoms with Gasteiger partial charge in [0.05, 0.1) is 25.4 Å². The SMILES string of the molecule is OCC1(Cc2cccc(Br)c2)COCCN1. The largest absolute Gasteiger partial charge is 0.394 e. The van der Waals surface area contributed by atoms with E-state index < -0.39 is 0 Å². The summed E-state index contributed by atoms with van der Waals surface area (Å²) in [6.07, 6.45) is 0.781. The van der Waals surface area contributed by atoms with Gasteiger partial charge in [-0.15, -0.1) is 0 Å². The molecule has 4 heteroatoms. The van der Waals surface area contributed by atoms with Gasteiger partial charge in [-0.3, -0.25) is 0 Å². The number of aliphatic hydroxyl groups excluding tert-OH is 1. The lowest BCUT2D eigenvalue weighted by Gasteiger charge is -2.36. The minimum Gasteiger partial charge on any atom is -0.394 e. The molecule has 1 heterocycles. The topological polar surface area (TPSA) is 41.5 Å². The monoisotopic (exact) mass is 285 g/mol. The maximum Gasteiger partial charge on any atom is 0.0692 e. The highest BCUT2D eigenvalue weighted by atomic mass is 79.9. The second-order valence-corrected chi connectivity index (χ2v) is 5.14. The second kappa shape index (κ2) is 5.27. The molecule has 0 saturated carbocycles. The number of halogens is 1. The van der Waals surface area contributed by atoms with Crippen molar-refractivity contribution < 1.29 is 9.84 Å². The molecule has 1 atom stereocenters. The van der Waals surface area contributed by atoms with Crippen LogP contribution in [0.15, 0.2) is 28.7 Å². The van der Waals surface area contributed by atoms with Crippen molar-refractivity contribution in [3.05, 3.63) is 34.3 Å². The van der Waals surface area contributed by atoms with Crippen molar-refractivity contribution in [2.75, 3.05) is 26.4 Å². The first-order chi connectivity index (χ1) is 7.74. The molecule has 1 aliphatic heterocycles. The Hall–Kier alpha value is -0.420. The molecule has 3 nitrogen and oxygen atoms in total. The van der Waals surface area contributed by atoms with E-state index in [1.54, 1.807) is 0 Å². The summed E-state index contributed by atoms with van der Waals surface area (Å²) >= 11 is 3.45. The minimum atomic E-state index is -0.320. The van der Waals surface area contributed by atoms with Gasteiger partial charge in [-0.05, 0) is 24.1 Å². The molecular weight excluding hydrogens is 270 g/mol. The van der Waals surface area contributed by atoms with E-state index >= 15 is 0 Å². The first-order valence-corrected chi connectivity index (χ1v) is 6.21. The van der Waals surface area contributed by atoms with Gasteiger partial charge in [0.25, 0.3) is 0 Å². The smallest absolute Gasteiger partial charge is 0.0692 e. The number of ether oxygens (including phenoxy) is 1. The molecule has 2 N–H and O–H groups in total. The summed E-state index contributed by atoms with van der Waals surface area (Å²) in [6.45, 7) is 2.18. The van der Waals surface area contributed by atoms with Crippen molar-refractivity contribution in [2.45, 2.75) is 12.0 Å². The van der Waals surface area contributed by atoms with Crippen LogP contribution in [0.5, 0.6) is 0 Å². The number of hydrogen-bond acceptors (Lipinski definition) is 3. The number of morpholine rings is 1. The van der Waals surface area contributed by atoms with Crippen molar-refractivity contribution in [3.8, 4) is 0 Å². The Labute approximate surface area is 104 Å². The van der Waals surface area contributed by atoms with Gasteiger partial charge in [0.2, 0.25) is 0 Å². The van der Waals surface area contributed by atoms with Crippen LogP contribution < -0.4 is 5.32 Å². The van der Waals surface area contributed by atoms with E-state index in [1.165, 1.54) is 5.56 Å². The molecule has 1 aliphatic rings. The molecule has 16 heavy (non-hydrogen) atoms. The molecule has 0 aliphatic carbocycles. The van der Waals surface area contributed by atoms with Gasteiger partial charge in [-0.2, -0.15) is 0 Å². The van der Waals surface area contributed by atoms with Gasteiger partial charge in [0.1, 0.15) is 0 Å². The molecule has 0 radical (unpaired) electrons. The van der Waals surface area contributed by atoms with Gasteiger partial charge >= 0.3 is 0 Å². The van der Waals surface area contributed by atoms with Crippen LogP contribution in [0, 0.1) is 0 Å². The van der Waals surface area contributed by atoms with E-state index in [0.29, 0.717) is 6.61 Å². The highest BCUT2D eigenvalue weighted by Gasteiger charge is 2.31. The van der Waals surface area contributed by atoms with E-state index in [-0.39, 0.29) is 12.1 Å². The maximum atomic E-state index is 9.52. The van der Waals surface area contributed by atoms with Gasteiger partial charge in [-0.1, -0.05) is 28.1 Å². The van der Waals surface area contributed by atoms with Crippen molar-refractivity contribution in [2.24, 2.45) is 0 Å². The molecule has 0 amide bonds. The van der Waals surface area contributed by atoms with Crippen LogP contribution in [0.1, 0.15) is 5.56 Å². The summed E-state index contributed by atoms with van der Waals surface area (Å²) in [5.41, 5.74) is 0.875. The molecule has 0 spiro atoms. The standard InChI is InChI=1S/C12H16BrNO2/c13-11-3-1-2-10(6-11)7-12(8-15)9-16-5-4-14-12/h1-3,6,14-15H,4-5,7-9H2. The number of rotatable bonds is 3. The summed E-state index contributed by atoms with van der Waals surface area (Å²) in [4.78, 5) is 0. The lowest BCUT2D eigenvalue weighted by molar-refractivity contribution is -0.000723. The van der Waals surface area contributed by atoms with Crippen LogP contribution in [0.3, 0.4) is 0 Å². The number of nitrogens with one attached hydrogen (secondary N) is 1. The van der Waals surface area contributed by atoms with Gasteiger partial charge < -0.3 is 15.2 Å². The van der Waals surface area contributed by atoms with E-state index in [0.717, 1.165) is 24.0 Å². The molecule has 88 valence electrons. The lowest BCUT2D eigenvalue weighted by atomic mass is 9.91. The Kier molecular flexibility index (Phi) is 3.97. The van der Waals surface area contributed by atoms with Gasteiger partial charge in [0, 0.05) is 11.0 Å². The van der Waals surface area contributed by atoms with Crippen LogP contribution in [0.4, 0.5) is 0 Å². The average Bonchev–Trinajstić information content (AvgIpc) is 2.30. The zero-order chi connectivity index (χ0) is 11.4. The van der Waals surface area contributed by atoms with E-state index in [1.807, 2.05) is 12.1 Å². The summed E-state index contributed by atoms with van der Waals surface area (Å²) in [6, 6.07) is 8.15. The van der Waals surface area contributed by atoms with Crippen molar-refractivity contribution in [3.63, 3.8) is 0 Å². The van der Waals surface area contributed by atoms with Crippen molar-refractivity contribution in [1.29, 1.82) is 0 Å². The maximum absolute atomic E-state index is 9.52. The zero-order valence-corrected chi connectivity index (χ0v) is 10.7. The number of benzene rings is 1. The zero-order valence-electron chi connectivity index (χ0n) is 9.08. The minimum absolute atomic E-state index is 0.0967. The van der Waals surface area contributed by atoms with E-state index in [4.69, 9.17) is 4.74 Å². The average molecular weight is 286 g/mol. The molecule has 2 rings (SSSR count). The summed E-state index contributed by atoms with van der Waals surface area (Å²) < 4.78 is 6.51. The van der Waals surface area contributed by atoms with E-state index in [9.17, 15) is 5.11 Å². The van der Waals surface area contributed by atoms with Gasteiger partial charge in [-0.25, -0.2) is 0 Å². The van der Waals surface area contributed by atoms with Crippen LogP contribution in [0.25, 0.3) is 0 Å².